The number of ether oxygens (including phenoxy) is 4. The van der Waals surface area contributed by atoms with Gasteiger partial charge in [-0.1, -0.05) is 86.8 Å². The van der Waals surface area contributed by atoms with Crippen LogP contribution in [0.15, 0.2) is 106 Å². The predicted octanol–water partition coefficient (Wildman–Crippen LogP) is 5.21. The zero-order valence-electron chi connectivity index (χ0n) is 29.2. The number of carbonyl (C=O) groups is 1. The van der Waals surface area contributed by atoms with Gasteiger partial charge < -0.3 is 49.1 Å². The highest BCUT2D eigenvalue weighted by Crippen LogP contribution is 2.44. The van der Waals surface area contributed by atoms with E-state index in [-0.39, 0.29) is 34.8 Å². The number of hydrogen-bond acceptors (Lipinski definition) is 11. The van der Waals surface area contributed by atoms with E-state index < -0.39 is 47.8 Å². The fraction of sp³-hybridized carbons (Fsp3) is 0.317. The zero-order chi connectivity index (χ0) is 37.3. The molecule has 0 radical (unpaired) electrons. The Hall–Kier alpha value is -5.40. The number of nitrogens with one attached hydrogen (secondary N) is 1. The van der Waals surface area contributed by atoms with E-state index in [0.29, 0.717) is 30.9 Å². The quantitative estimate of drug-likeness (QED) is 0.0896. The summed E-state index contributed by atoms with van der Waals surface area (Å²) in [5, 5.41) is 46.3. The highest BCUT2D eigenvalue weighted by Gasteiger charge is 2.48. The van der Waals surface area contributed by atoms with Gasteiger partial charge in [-0.05, 0) is 41.8 Å². The monoisotopic (exact) mass is 725 g/mol. The van der Waals surface area contributed by atoms with Gasteiger partial charge in [0.1, 0.15) is 54.0 Å². The number of amides is 1. The van der Waals surface area contributed by atoms with Crippen molar-refractivity contribution in [2.75, 3.05) is 6.54 Å². The zero-order valence-corrected chi connectivity index (χ0v) is 29.2. The molecular weight excluding hydrogens is 682 g/mol. The summed E-state index contributed by atoms with van der Waals surface area (Å²) in [5.74, 6) is -0.982. The molecule has 1 aromatic heterocycles. The van der Waals surface area contributed by atoms with Gasteiger partial charge in [-0.3, -0.25) is 9.59 Å². The molecule has 1 aliphatic heterocycles. The van der Waals surface area contributed by atoms with Crippen LogP contribution in [0.2, 0.25) is 0 Å². The van der Waals surface area contributed by atoms with Crippen molar-refractivity contribution in [1.29, 1.82) is 0 Å². The Morgan fingerprint density at radius 1 is 0.792 bits per heavy atom. The maximum absolute atomic E-state index is 13.5. The van der Waals surface area contributed by atoms with Crippen molar-refractivity contribution in [2.24, 2.45) is 0 Å². The fourth-order valence-corrected chi connectivity index (χ4v) is 5.97. The van der Waals surface area contributed by atoms with Crippen LogP contribution in [0.1, 0.15) is 43.7 Å². The van der Waals surface area contributed by atoms with E-state index in [4.69, 9.17) is 23.4 Å². The van der Waals surface area contributed by atoms with Crippen molar-refractivity contribution in [3.05, 3.63) is 118 Å². The van der Waals surface area contributed by atoms with Crippen molar-refractivity contribution in [1.82, 2.24) is 5.32 Å². The molecule has 12 heteroatoms. The van der Waals surface area contributed by atoms with E-state index in [1.165, 1.54) is 12.1 Å². The number of phenolic OH excluding ortho intramolecular Hbond substituents is 1. The lowest BCUT2D eigenvalue weighted by molar-refractivity contribution is -0.267. The van der Waals surface area contributed by atoms with E-state index in [1.807, 2.05) is 48.5 Å². The molecule has 5 aromatic rings. The summed E-state index contributed by atoms with van der Waals surface area (Å²) >= 11 is 0. The topological polar surface area (TPSA) is 177 Å². The summed E-state index contributed by atoms with van der Waals surface area (Å²) in [7, 11) is 0. The minimum absolute atomic E-state index is 0.0448. The first kappa shape index (κ1) is 37.4. The van der Waals surface area contributed by atoms with Gasteiger partial charge in [0.25, 0.3) is 5.91 Å². The smallest absolute Gasteiger partial charge is 0.252 e. The van der Waals surface area contributed by atoms with Crippen molar-refractivity contribution in [3.63, 3.8) is 0 Å². The van der Waals surface area contributed by atoms with Crippen LogP contribution in [-0.4, -0.2) is 63.6 Å². The van der Waals surface area contributed by atoms with E-state index in [2.05, 4.69) is 12.2 Å². The number of aromatic hydroxyl groups is 1. The molecule has 5 atom stereocenters. The summed E-state index contributed by atoms with van der Waals surface area (Å²) < 4.78 is 29.7. The molecule has 12 nitrogen and oxygen atoms in total. The molecule has 1 saturated heterocycles. The maximum Gasteiger partial charge on any atom is 0.252 e. The van der Waals surface area contributed by atoms with E-state index in [9.17, 15) is 30.0 Å². The molecule has 4 aromatic carbocycles. The van der Waals surface area contributed by atoms with Crippen LogP contribution >= 0.6 is 0 Å². The first-order valence-corrected chi connectivity index (χ1v) is 17.6. The van der Waals surface area contributed by atoms with Gasteiger partial charge >= 0.3 is 0 Å². The average Bonchev–Trinajstić information content (AvgIpc) is 3.17. The molecule has 53 heavy (non-hydrogen) atoms. The predicted molar refractivity (Wildman–Crippen MR) is 196 cm³/mol. The number of aliphatic hydroxyl groups excluding tert-OH is 3. The van der Waals surface area contributed by atoms with E-state index in [1.54, 1.807) is 36.4 Å². The average molecular weight is 726 g/mol. The van der Waals surface area contributed by atoms with Gasteiger partial charge in [0, 0.05) is 24.2 Å². The minimum atomic E-state index is -1.82. The lowest BCUT2D eigenvalue weighted by Crippen LogP contribution is -2.62. The number of aliphatic hydroxyl groups is 3. The molecule has 0 aliphatic carbocycles. The SMILES string of the molecule is CCCCCCNC(=O)C1OC(Oc2cc3oc(-c4ccc(OCc5ccccc5)cc4)cc(=O)c3c(O)c2OCc2ccccc2)C(O)C(O)C1O. The first-order chi connectivity index (χ1) is 25.7. The molecule has 1 amide bonds. The fourth-order valence-electron chi connectivity index (χ4n) is 5.97. The number of unbranched alkanes of at least 4 members (excludes halogenated alkanes) is 3. The third-order valence-electron chi connectivity index (χ3n) is 8.93. The molecule has 278 valence electrons. The third-order valence-corrected chi connectivity index (χ3v) is 8.93. The van der Waals surface area contributed by atoms with Crippen LogP contribution in [0.5, 0.6) is 23.0 Å². The molecular formula is C41H43NO11. The molecule has 0 bridgehead atoms. The summed E-state index contributed by atoms with van der Waals surface area (Å²) in [6, 6.07) is 28.3. The summed E-state index contributed by atoms with van der Waals surface area (Å²) in [6.45, 7) is 2.73. The van der Waals surface area contributed by atoms with Crippen LogP contribution in [0.4, 0.5) is 0 Å². The lowest BCUT2D eigenvalue weighted by atomic mass is 9.98. The molecule has 0 saturated carbocycles. The number of benzene rings is 4. The molecule has 2 heterocycles. The Morgan fingerprint density at radius 2 is 1.45 bits per heavy atom. The lowest BCUT2D eigenvalue weighted by Gasteiger charge is -2.39. The van der Waals surface area contributed by atoms with Gasteiger partial charge in [-0.25, -0.2) is 0 Å². The molecule has 6 rings (SSSR count). The number of hydrogen-bond donors (Lipinski definition) is 5. The summed E-state index contributed by atoms with van der Waals surface area (Å²) in [5.41, 5.74) is 1.65. The van der Waals surface area contributed by atoms with Crippen LogP contribution in [0, 0.1) is 0 Å². The number of rotatable bonds is 15. The Balaban J connectivity index is 1.30. The Morgan fingerprint density at radius 3 is 2.11 bits per heavy atom. The third kappa shape index (κ3) is 8.98. The van der Waals surface area contributed by atoms with Crippen molar-refractivity contribution in [3.8, 4) is 34.3 Å². The maximum atomic E-state index is 13.5. The van der Waals surface area contributed by atoms with Gasteiger partial charge in [-0.15, -0.1) is 0 Å². The van der Waals surface area contributed by atoms with Crippen LogP contribution < -0.4 is 25.0 Å². The van der Waals surface area contributed by atoms with Crippen LogP contribution in [0.3, 0.4) is 0 Å². The Kier molecular flexibility index (Phi) is 12.3. The Labute approximate surface area is 306 Å². The van der Waals surface area contributed by atoms with Gasteiger partial charge in [0.05, 0.1) is 0 Å². The largest absolute Gasteiger partial charge is 0.504 e. The molecule has 1 aliphatic rings. The highest BCUT2D eigenvalue weighted by molar-refractivity contribution is 5.89. The van der Waals surface area contributed by atoms with Gasteiger partial charge in [-0.2, -0.15) is 0 Å². The summed E-state index contributed by atoms with van der Waals surface area (Å²) in [4.78, 5) is 26.5. The standard InChI is InChI=1S/C41H43NO11/c1-2-3-4-11-20-42-40(48)39-36(46)35(45)37(47)41(53-39)52-32-22-31-33(34(44)38(32)50-24-26-14-9-6-10-15-26)29(43)21-30(51-31)27-16-18-28(19-17-27)49-23-25-12-7-5-8-13-25/h5-10,12-19,21-22,35-37,39,41,44-47H,2-4,11,20,23-24H2,1H3,(H,42,48). The molecule has 5 unspecified atom stereocenters. The highest BCUT2D eigenvalue weighted by atomic mass is 16.7. The second-order valence-electron chi connectivity index (χ2n) is 12.8. The second kappa shape index (κ2) is 17.4. The normalized spacial score (nSPS) is 19.8. The first-order valence-electron chi connectivity index (χ1n) is 17.6. The van der Waals surface area contributed by atoms with Crippen LogP contribution in [0.25, 0.3) is 22.3 Å². The Bertz CT molecular complexity index is 2020. The van der Waals surface area contributed by atoms with Crippen molar-refractivity contribution >= 4 is 16.9 Å². The molecule has 5 N–H and O–H groups in total. The number of carbonyl (C=O) groups excluding carboxylic acids is 1. The molecule has 0 spiro atoms. The minimum Gasteiger partial charge on any atom is -0.504 e. The van der Waals surface area contributed by atoms with E-state index >= 15 is 0 Å². The second-order valence-corrected chi connectivity index (χ2v) is 12.8. The van der Waals surface area contributed by atoms with Crippen molar-refractivity contribution in [2.45, 2.75) is 76.5 Å². The van der Waals surface area contributed by atoms with Crippen LogP contribution in [-0.2, 0) is 22.7 Å². The van der Waals surface area contributed by atoms with Gasteiger partial charge in [0.2, 0.25) is 12.0 Å². The van der Waals surface area contributed by atoms with Gasteiger partial charge in [0.15, 0.2) is 23.0 Å². The number of fused-ring (bicyclic) bond motifs is 1. The summed E-state index contributed by atoms with van der Waals surface area (Å²) in [6.07, 6.45) is -5.05. The van der Waals surface area contributed by atoms with E-state index in [0.717, 1.165) is 30.4 Å². The van der Waals surface area contributed by atoms with Crippen molar-refractivity contribution < 1.29 is 48.6 Å². The number of phenols is 1. The molecule has 1 fully saturated rings.